The molecule has 0 aromatic rings. The summed E-state index contributed by atoms with van der Waals surface area (Å²) in [5, 5.41) is 0. The predicted octanol–water partition coefficient (Wildman–Crippen LogP) is 3.49. The molecule has 0 heterocycles. The molecule has 46 valence electrons. The van der Waals surface area contributed by atoms with Gasteiger partial charge in [0.05, 0.1) is 3.39 Å². The molecule has 0 spiro atoms. The first-order valence-electron chi connectivity index (χ1n) is 2.02. The average molecular weight is 244 g/mol. The third-order valence-electron chi connectivity index (χ3n) is 0.494. The van der Waals surface area contributed by atoms with Gasteiger partial charge in [-0.05, 0) is 44.9 Å². The molecule has 0 rings (SSSR count). The van der Waals surface area contributed by atoms with E-state index in [4.69, 9.17) is 0 Å². The zero-order valence-electron chi connectivity index (χ0n) is 4.29. The van der Waals surface area contributed by atoms with Gasteiger partial charge in [0.15, 0.2) is 0 Å². The van der Waals surface area contributed by atoms with Crippen LogP contribution >= 0.6 is 31.9 Å². The molecular formula is C5H5Br2F. The Morgan fingerprint density at radius 3 is 2.12 bits per heavy atom. The minimum atomic E-state index is -0.299. The Hall–Kier alpha value is 0.370. The SMILES string of the molecule is CC=CC(F)=C(Br)Br. The van der Waals surface area contributed by atoms with Gasteiger partial charge in [0.2, 0.25) is 0 Å². The molecule has 0 bridgehead atoms. The maximum atomic E-state index is 12.2. The Morgan fingerprint density at radius 2 is 2.00 bits per heavy atom. The van der Waals surface area contributed by atoms with E-state index >= 15 is 0 Å². The summed E-state index contributed by atoms with van der Waals surface area (Å²) in [5.41, 5.74) is 0. The van der Waals surface area contributed by atoms with E-state index in [0.717, 1.165) is 0 Å². The summed E-state index contributed by atoms with van der Waals surface area (Å²) >= 11 is 5.82. The van der Waals surface area contributed by atoms with E-state index in [1.54, 1.807) is 13.0 Å². The van der Waals surface area contributed by atoms with Gasteiger partial charge in [0.25, 0.3) is 0 Å². The van der Waals surface area contributed by atoms with Crippen LogP contribution in [-0.2, 0) is 0 Å². The van der Waals surface area contributed by atoms with Crippen molar-refractivity contribution < 1.29 is 4.39 Å². The first-order valence-corrected chi connectivity index (χ1v) is 3.60. The minimum Gasteiger partial charge on any atom is -0.205 e. The molecule has 0 amide bonds. The molecule has 0 radical (unpaired) electrons. The fraction of sp³-hybridized carbons (Fsp3) is 0.200. The van der Waals surface area contributed by atoms with Crippen molar-refractivity contribution in [1.82, 2.24) is 0 Å². The Bertz CT molecular complexity index is 122. The normalized spacial score (nSPS) is 10.0. The van der Waals surface area contributed by atoms with Crippen molar-refractivity contribution in [1.29, 1.82) is 0 Å². The van der Waals surface area contributed by atoms with Crippen molar-refractivity contribution in [2.24, 2.45) is 0 Å². The van der Waals surface area contributed by atoms with E-state index in [1.165, 1.54) is 6.08 Å². The van der Waals surface area contributed by atoms with Crippen molar-refractivity contribution in [3.63, 3.8) is 0 Å². The summed E-state index contributed by atoms with van der Waals surface area (Å²) in [4.78, 5) is 0. The second-order valence-electron chi connectivity index (χ2n) is 1.11. The zero-order valence-corrected chi connectivity index (χ0v) is 7.46. The number of allylic oxidation sites excluding steroid dienone is 3. The summed E-state index contributed by atoms with van der Waals surface area (Å²) in [6.07, 6.45) is 2.98. The highest BCUT2D eigenvalue weighted by molar-refractivity contribution is 9.28. The van der Waals surface area contributed by atoms with E-state index in [9.17, 15) is 4.39 Å². The third kappa shape index (κ3) is 3.38. The van der Waals surface area contributed by atoms with Crippen molar-refractivity contribution in [2.75, 3.05) is 0 Å². The average Bonchev–Trinajstić information content (AvgIpc) is 1.67. The van der Waals surface area contributed by atoms with Crippen molar-refractivity contribution >= 4 is 31.9 Å². The van der Waals surface area contributed by atoms with Crippen LogP contribution in [0.3, 0.4) is 0 Å². The van der Waals surface area contributed by atoms with Gasteiger partial charge in [0.1, 0.15) is 5.83 Å². The Kier molecular flexibility index (Phi) is 4.47. The first kappa shape index (κ1) is 8.37. The molecule has 0 nitrogen and oxygen atoms in total. The molecule has 0 saturated carbocycles. The van der Waals surface area contributed by atoms with Gasteiger partial charge in [-0.15, -0.1) is 0 Å². The van der Waals surface area contributed by atoms with E-state index in [-0.39, 0.29) is 5.83 Å². The second kappa shape index (κ2) is 4.27. The van der Waals surface area contributed by atoms with Crippen LogP contribution in [0.5, 0.6) is 0 Å². The van der Waals surface area contributed by atoms with Crippen molar-refractivity contribution in [3.8, 4) is 0 Å². The number of hydrogen-bond donors (Lipinski definition) is 0. The minimum absolute atomic E-state index is 0.299. The molecule has 0 N–H and O–H groups in total. The van der Waals surface area contributed by atoms with Crippen LogP contribution < -0.4 is 0 Å². The quantitative estimate of drug-likeness (QED) is 0.619. The standard InChI is InChI=1S/C5H5Br2F/c1-2-3-4(8)5(6)7/h2-3H,1H3. The molecule has 0 fully saturated rings. The molecule has 8 heavy (non-hydrogen) atoms. The molecule has 0 aromatic heterocycles. The molecule has 0 aliphatic rings. The van der Waals surface area contributed by atoms with Crippen LogP contribution in [0.4, 0.5) is 4.39 Å². The maximum absolute atomic E-state index is 12.2. The topological polar surface area (TPSA) is 0 Å². The van der Waals surface area contributed by atoms with Gasteiger partial charge in [0, 0.05) is 0 Å². The monoisotopic (exact) mass is 242 g/mol. The Morgan fingerprint density at radius 1 is 1.50 bits per heavy atom. The zero-order chi connectivity index (χ0) is 6.57. The molecule has 0 aliphatic heterocycles. The highest BCUT2D eigenvalue weighted by Crippen LogP contribution is 2.20. The maximum Gasteiger partial charge on any atom is 0.144 e. The summed E-state index contributed by atoms with van der Waals surface area (Å²) in [7, 11) is 0. The highest BCUT2D eigenvalue weighted by atomic mass is 79.9. The van der Waals surface area contributed by atoms with Gasteiger partial charge >= 0.3 is 0 Å². The number of rotatable bonds is 1. The van der Waals surface area contributed by atoms with Crippen LogP contribution in [0.25, 0.3) is 0 Å². The predicted molar refractivity (Wildman–Crippen MR) is 40.8 cm³/mol. The fourth-order valence-electron chi connectivity index (χ4n) is 0.209. The van der Waals surface area contributed by atoms with Crippen LogP contribution in [0.15, 0.2) is 21.4 Å². The summed E-state index contributed by atoms with van der Waals surface area (Å²) in [6, 6.07) is 0. The summed E-state index contributed by atoms with van der Waals surface area (Å²) < 4.78 is 12.6. The molecule has 3 heteroatoms. The van der Waals surface area contributed by atoms with E-state index in [2.05, 4.69) is 31.9 Å². The third-order valence-corrected chi connectivity index (χ3v) is 1.25. The Balaban J connectivity index is 4.00. The molecule has 0 saturated heterocycles. The van der Waals surface area contributed by atoms with Gasteiger partial charge in [-0.3, -0.25) is 0 Å². The van der Waals surface area contributed by atoms with Crippen molar-refractivity contribution in [3.05, 3.63) is 21.4 Å². The number of halogens is 3. The molecule has 0 unspecified atom stereocenters. The van der Waals surface area contributed by atoms with Gasteiger partial charge in [-0.25, -0.2) is 4.39 Å². The molecule has 0 aromatic carbocycles. The largest absolute Gasteiger partial charge is 0.205 e. The fourth-order valence-corrected chi connectivity index (χ4v) is 0.474. The lowest BCUT2D eigenvalue weighted by Crippen LogP contribution is -1.61. The lowest BCUT2D eigenvalue weighted by Gasteiger charge is -1.82. The van der Waals surface area contributed by atoms with E-state index < -0.39 is 0 Å². The smallest absolute Gasteiger partial charge is 0.144 e. The first-order chi connectivity index (χ1) is 3.68. The lowest BCUT2D eigenvalue weighted by molar-refractivity contribution is 0.668. The van der Waals surface area contributed by atoms with Crippen molar-refractivity contribution in [2.45, 2.75) is 6.92 Å². The summed E-state index contributed by atoms with van der Waals surface area (Å²) in [5.74, 6) is -0.299. The molecule has 0 atom stereocenters. The van der Waals surface area contributed by atoms with Gasteiger partial charge in [-0.2, -0.15) is 0 Å². The molecule has 0 aliphatic carbocycles. The molecular weight excluding hydrogens is 239 g/mol. The van der Waals surface area contributed by atoms with E-state index in [1.807, 2.05) is 0 Å². The number of hydrogen-bond acceptors (Lipinski definition) is 0. The van der Waals surface area contributed by atoms with E-state index in [0.29, 0.717) is 3.39 Å². The highest BCUT2D eigenvalue weighted by Gasteiger charge is 1.90. The summed E-state index contributed by atoms with van der Waals surface area (Å²) in [6.45, 7) is 1.75. The van der Waals surface area contributed by atoms with Crippen LogP contribution in [0.1, 0.15) is 6.92 Å². The second-order valence-corrected chi connectivity index (χ2v) is 3.76. The van der Waals surface area contributed by atoms with Crippen LogP contribution in [0, 0.1) is 0 Å². The lowest BCUT2D eigenvalue weighted by atomic mass is 10.5. The van der Waals surface area contributed by atoms with Gasteiger partial charge < -0.3 is 0 Å². The Labute approximate surface area is 64.7 Å². The van der Waals surface area contributed by atoms with Crippen LogP contribution in [-0.4, -0.2) is 0 Å². The van der Waals surface area contributed by atoms with Gasteiger partial charge in [-0.1, -0.05) is 6.08 Å². The van der Waals surface area contributed by atoms with Crippen LogP contribution in [0.2, 0.25) is 0 Å².